The Morgan fingerprint density at radius 3 is 2.45 bits per heavy atom. The van der Waals surface area contributed by atoms with E-state index in [1.807, 2.05) is 12.1 Å². The average molecular weight is 494 g/mol. The molecule has 1 heterocycles. The Labute approximate surface area is 156 Å². The van der Waals surface area contributed by atoms with Crippen LogP contribution in [0.3, 0.4) is 0 Å². The van der Waals surface area contributed by atoms with Gasteiger partial charge in [-0.2, -0.15) is 0 Å². The fourth-order valence-electron chi connectivity index (χ4n) is 2.81. The second-order valence-electron chi connectivity index (χ2n) is 5.18. The van der Waals surface area contributed by atoms with E-state index in [4.69, 9.17) is 0 Å². The maximum atomic E-state index is 9.95. The van der Waals surface area contributed by atoms with E-state index in [1.165, 1.54) is 5.56 Å². The van der Waals surface area contributed by atoms with Gasteiger partial charge in [-0.1, -0.05) is 28.1 Å². The smallest absolute Gasteiger partial charge is 0.172 e. The summed E-state index contributed by atoms with van der Waals surface area (Å²) in [7, 11) is 0. The van der Waals surface area contributed by atoms with Crippen LogP contribution >= 0.6 is 48.8 Å². The van der Waals surface area contributed by atoms with Crippen molar-refractivity contribution in [2.24, 2.45) is 0 Å². The van der Waals surface area contributed by atoms with Gasteiger partial charge in [-0.25, -0.2) is 0 Å². The number of phenolic OH excluding ortho intramolecular Hbond substituents is 2. The van der Waals surface area contributed by atoms with Crippen molar-refractivity contribution in [1.29, 1.82) is 0 Å². The zero-order valence-electron chi connectivity index (χ0n) is 11.6. The summed E-state index contributed by atoms with van der Waals surface area (Å²) in [5.74, 6) is -0.00626. The van der Waals surface area contributed by atoms with Crippen molar-refractivity contribution < 1.29 is 10.2 Å². The number of halogens is 3. The van der Waals surface area contributed by atoms with Crippen molar-refractivity contribution in [3.05, 3.63) is 56.0 Å². The topological polar surface area (TPSA) is 52.5 Å². The Hall–Kier alpha value is -0.560. The lowest BCUT2D eigenvalue weighted by atomic mass is 9.88. The molecule has 1 aliphatic heterocycles. The predicted octanol–water partition coefficient (Wildman–Crippen LogP) is 4.48. The van der Waals surface area contributed by atoms with Crippen LogP contribution in [0.1, 0.15) is 22.6 Å². The third-order valence-corrected chi connectivity index (χ3v) is 5.29. The van der Waals surface area contributed by atoms with E-state index in [1.54, 1.807) is 6.07 Å². The van der Waals surface area contributed by atoms with Gasteiger partial charge in [-0.15, -0.1) is 17.0 Å². The van der Waals surface area contributed by atoms with Gasteiger partial charge in [0.15, 0.2) is 11.5 Å². The Bertz CT molecular complexity index is 674. The minimum Gasteiger partial charge on any atom is -0.504 e. The highest BCUT2D eigenvalue weighted by atomic mass is 79.9. The van der Waals surface area contributed by atoms with Gasteiger partial charge in [0.05, 0.1) is 4.47 Å². The molecule has 0 saturated heterocycles. The van der Waals surface area contributed by atoms with Crippen LogP contribution in [0, 0.1) is 0 Å². The third kappa shape index (κ3) is 3.35. The molecule has 0 bridgehead atoms. The predicted molar refractivity (Wildman–Crippen MR) is 100 cm³/mol. The molecule has 22 heavy (non-hydrogen) atoms. The maximum Gasteiger partial charge on any atom is 0.172 e. The van der Waals surface area contributed by atoms with Crippen LogP contribution < -0.4 is 5.32 Å². The monoisotopic (exact) mass is 491 g/mol. The molecular formula is C16H16Br3NO2. The summed E-state index contributed by atoms with van der Waals surface area (Å²) in [6.45, 7) is 1.66. The largest absolute Gasteiger partial charge is 0.504 e. The van der Waals surface area contributed by atoms with Crippen LogP contribution in [0.15, 0.2) is 39.3 Å². The summed E-state index contributed by atoms with van der Waals surface area (Å²) in [5, 5.41) is 23.3. The number of hydrogen-bond acceptors (Lipinski definition) is 3. The lowest BCUT2D eigenvalue weighted by Gasteiger charge is -2.20. The molecule has 3 rings (SSSR count). The lowest BCUT2D eigenvalue weighted by molar-refractivity contribution is 0.400. The van der Waals surface area contributed by atoms with Gasteiger partial charge in [-0.3, -0.25) is 0 Å². The highest BCUT2D eigenvalue weighted by Crippen LogP contribution is 2.42. The van der Waals surface area contributed by atoms with Crippen LogP contribution in [0.2, 0.25) is 0 Å². The van der Waals surface area contributed by atoms with Gasteiger partial charge in [-0.05, 0) is 63.8 Å². The Morgan fingerprint density at radius 2 is 1.77 bits per heavy atom. The second kappa shape index (κ2) is 7.34. The van der Waals surface area contributed by atoms with E-state index >= 15 is 0 Å². The standard InChI is InChI=1S/C16H15Br2NO2.BrH/c17-10-3-1-9(2-4-10)13-8-19-6-5-11-12(13)7-14(20)16(21)15(11)18;/h1-4,7,13,19-21H,5-6,8H2;1H. The zero-order chi connectivity index (χ0) is 15.0. The number of phenols is 2. The minimum atomic E-state index is -0.0790. The van der Waals surface area contributed by atoms with Gasteiger partial charge in [0.2, 0.25) is 0 Å². The molecule has 3 nitrogen and oxygen atoms in total. The quantitative estimate of drug-likeness (QED) is 0.513. The fraction of sp³-hybridized carbons (Fsp3) is 0.250. The molecule has 2 aromatic carbocycles. The van der Waals surface area contributed by atoms with Crippen LogP contribution in [-0.2, 0) is 6.42 Å². The first-order valence-electron chi connectivity index (χ1n) is 6.77. The molecule has 1 unspecified atom stereocenters. The van der Waals surface area contributed by atoms with E-state index in [-0.39, 0.29) is 34.4 Å². The molecule has 0 spiro atoms. The Balaban J connectivity index is 0.00000176. The summed E-state index contributed by atoms with van der Waals surface area (Å²) in [4.78, 5) is 0. The number of benzene rings is 2. The van der Waals surface area contributed by atoms with Crippen LogP contribution in [0.5, 0.6) is 11.5 Å². The molecule has 0 fully saturated rings. The summed E-state index contributed by atoms with van der Waals surface area (Å²) in [6.07, 6.45) is 0.816. The lowest BCUT2D eigenvalue weighted by Crippen LogP contribution is -2.20. The first kappa shape index (κ1) is 17.8. The van der Waals surface area contributed by atoms with Crippen molar-refractivity contribution in [3.8, 4) is 11.5 Å². The summed E-state index contributed by atoms with van der Waals surface area (Å²) < 4.78 is 1.64. The number of fused-ring (bicyclic) bond motifs is 1. The molecule has 118 valence electrons. The van der Waals surface area contributed by atoms with Gasteiger partial charge < -0.3 is 15.5 Å². The van der Waals surface area contributed by atoms with Crippen molar-refractivity contribution >= 4 is 48.8 Å². The number of rotatable bonds is 1. The fourth-order valence-corrected chi connectivity index (χ4v) is 3.71. The van der Waals surface area contributed by atoms with Crippen LogP contribution in [0.4, 0.5) is 0 Å². The van der Waals surface area contributed by atoms with E-state index in [2.05, 4.69) is 49.3 Å². The molecule has 0 saturated carbocycles. The van der Waals surface area contributed by atoms with E-state index < -0.39 is 0 Å². The summed E-state index contributed by atoms with van der Waals surface area (Å²) in [6, 6.07) is 9.91. The number of nitrogens with one attached hydrogen (secondary N) is 1. The molecule has 3 N–H and O–H groups in total. The maximum absolute atomic E-state index is 9.95. The summed E-state index contributed by atoms with van der Waals surface area (Å²) >= 11 is 6.87. The van der Waals surface area contributed by atoms with E-state index in [9.17, 15) is 10.2 Å². The van der Waals surface area contributed by atoms with Gasteiger partial charge in [0.25, 0.3) is 0 Å². The van der Waals surface area contributed by atoms with Crippen LogP contribution in [0.25, 0.3) is 0 Å². The number of aromatic hydroxyl groups is 2. The van der Waals surface area contributed by atoms with Crippen molar-refractivity contribution in [2.75, 3.05) is 13.1 Å². The Kier molecular flexibility index (Phi) is 5.94. The van der Waals surface area contributed by atoms with Gasteiger partial charge in [0.1, 0.15) is 0 Å². The van der Waals surface area contributed by atoms with Crippen molar-refractivity contribution in [1.82, 2.24) is 5.32 Å². The minimum absolute atomic E-state index is 0. The molecule has 0 radical (unpaired) electrons. The molecule has 1 aliphatic rings. The molecule has 0 amide bonds. The van der Waals surface area contributed by atoms with Gasteiger partial charge in [0, 0.05) is 16.9 Å². The van der Waals surface area contributed by atoms with Crippen molar-refractivity contribution in [2.45, 2.75) is 12.3 Å². The van der Waals surface area contributed by atoms with E-state index in [0.29, 0.717) is 4.47 Å². The van der Waals surface area contributed by atoms with E-state index in [0.717, 1.165) is 35.1 Å². The van der Waals surface area contributed by atoms with Crippen LogP contribution in [-0.4, -0.2) is 23.3 Å². The first-order valence-corrected chi connectivity index (χ1v) is 8.36. The average Bonchev–Trinajstić information content (AvgIpc) is 2.68. The summed E-state index contributed by atoms with van der Waals surface area (Å²) in [5.41, 5.74) is 3.30. The molecule has 1 atom stereocenters. The third-order valence-electron chi connectivity index (χ3n) is 3.90. The zero-order valence-corrected chi connectivity index (χ0v) is 16.5. The highest BCUT2D eigenvalue weighted by molar-refractivity contribution is 9.10. The Morgan fingerprint density at radius 1 is 1.09 bits per heavy atom. The number of hydrogen-bond donors (Lipinski definition) is 3. The molecule has 6 heteroatoms. The normalized spacial score (nSPS) is 17.3. The molecule has 2 aromatic rings. The molecular weight excluding hydrogens is 478 g/mol. The van der Waals surface area contributed by atoms with Gasteiger partial charge >= 0.3 is 0 Å². The molecule has 0 aromatic heterocycles. The SMILES string of the molecule is Br.Oc1cc2c(c(Br)c1O)CCNCC2c1ccc(Br)cc1. The first-order chi connectivity index (χ1) is 10.1. The second-order valence-corrected chi connectivity index (χ2v) is 6.89. The highest BCUT2D eigenvalue weighted by Gasteiger charge is 2.25. The van der Waals surface area contributed by atoms with Crippen molar-refractivity contribution in [3.63, 3.8) is 0 Å². The molecule has 0 aliphatic carbocycles.